The zero-order valence-electron chi connectivity index (χ0n) is 12.0. The van der Waals surface area contributed by atoms with Gasteiger partial charge in [0.1, 0.15) is 22.8 Å². The SMILES string of the molecule is COc1cc(OC)cc(-c2cccc(C(=O)O)c2OC)c1. The lowest BCUT2D eigenvalue weighted by molar-refractivity contribution is 0.0693. The first kappa shape index (κ1) is 14.7. The molecule has 0 heterocycles. The van der Waals surface area contributed by atoms with Crippen molar-refractivity contribution in [1.82, 2.24) is 0 Å². The standard InChI is InChI=1S/C16H16O5/c1-19-11-7-10(8-12(9-11)20-2)13-5-4-6-14(16(17)18)15(13)21-3/h4-9H,1-3H3,(H,17,18). The molecule has 1 N–H and O–H groups in total. The predicted octanol–water partition coefficient (Wildman–Crippen LogP) is 3.08. The van der Waals surface area contributed by atoms with Gasteiger partial charge in [-0.05, 0) is 23.8 Å². The highest BCUT2D eigenvalue weighted by Crippen LogP contribution is 2.37. The molecule has 0 bridgehead atoms. The van der Waals surface area contributed by atoms with Crippen LogP contribution in [-0.4, -0.2) is 32.4 Å². The minimum absolute atomic E-state index is 0.108. The summed E-state index contributed by atoms with van der Waals surface area (Å²) in [6.45, 7) is 0. The Hall–Kier alpha value is -2.69. The minimum Gasteiger partial charge on any atom is -0.497 e. The summed E-state index contributed by atoms with van der Waals surface area (Å²) in [5.74, 6) is 0.503. The Kier molecular flexibility index (Phi) is 4.33. The van der Waals surface area contributed by atoms with Crippen molar-refractivity contribution in [2.24, 2.45) is 0 Å². The third kappa shape index (κ3) is 2.91. The fourth-order valence-corrected chi connectivity index (χ4v) is 2.12. The van der Waals surface area contributed by atoms with Crippen molar-refractivity contribution < 1.29 is 24.1 Å². The molecule has 0 fully saturated rings. The number of carboxylic acid groups (broad SMARTS) is 1. The zero-order chi connectivity index (χ0) is 15.4. The normalized spacial score (nSPS) is 10.0. The van der Waals surface area contributed by atoms with Gasteiger partial charge < -0.3 is 19.3 Å². The van der Waals surface area contributed by atoms with Crippen LogP contribution >= 0.6 is 0 Å². The van der Waals surface area contributed by atoms with E-state index in [1.807, 2.05) is 0 Å². The maximum absolute atomic E-state index is 11.3. The molecular formula is C16H16O5. The molecule has 0 aliphatic rings. The Morgan fingerprint density at radius 1 is 0.952 bits per heavy atom. The van der Waals surface area contributed by atoms with E-state index in [0.717, 1.165) is 5.56 Å². The molecule has 0 saturated carbocycles. The van der Waals surface area contributed by atoms with Gasteiger partial charge in [-0.15, -0.1) is 0 Å². The van der Waals surface area contributed by atoms with Gasteiger partial charge in [-0.25, -0.2) is 4.79 Å². The molecule has 0 aliphatic heterocycles. The summed E-state index contributed by atoms with van der Waals surface area (Å²) in [5, 5.41) is 9.24. The third-order valence-electron chi connectivity index (χ3n) is 3.11. The molecule has 0 aromatic heterocycles. The molecule has 0 unspecified atom stereocenters. The summed E-state index contributed by atoms with van der Waals surface area (Å²) >= 11 is 0. The second-order valence-electron chi connectivity index (χ2n) is 4.29. The Labute approximate surface area is 122 Å². The number of ether oxygens (including phenoxy) is 3. The van der Waals surface area contributed by atoms with E-state index in [1.54, 1.807) is 44.6 Å². The van der Waals surface area contributed by atoms with Crippen molar-refractivity contribution in [3.8, 4) is 28.4 Å². The van der Waals surface area contributed by atoms with E-state index in [1.165, 1.54) is 13.2 Å². The van der Waals surface area contributed by atoms with Gasteiger partial charge in [0, 0.05) is 11.6 Å². The quantitative estimate of drug-likeness (QED) is 0.916. The molecule has 0 spiro atoms. The van der Waals surface area contributed by atoms with Crippen LogP contribution in [0.15, 0.2) is 36.4 Å². The van der Waals surface area contributed by atoms with Crippen LogP contribution in [0.2, 0.25) is 0 Å². The topological polar surface area (TPSA) is 65.0 Å². The smallest absolute Gasteiger partial charge is 0.339 e. The van der Waals surface area contributed by atoms with E-state index < -0.39 is 5.97 Å². The lowest BCUT2D eigenvalue weighted by Gasteiger charge is -2.13. The first-order valence-electron chi connectivity index (χ1n) is 6.24. The van der Waals surface area contributed by atoms with Crippen molar-refractivity contribution in [3.63, 3.8) is 0 Å². The molecule has 21 heavy (non-hydrogen) atoms. The van der Waals surface area contributed by atoms with Crippen LogP contribution in [-0.2, 0) is 0 Å². The van der Waals surface area contributed by atoms with Gasteiger partial charge in [0.2, 0.25) is 0 Å². The number of methoxy groups -OCH3 is 3. The minimum atomic E-state index is -1.04. The fraction of sp³-hybridized carbons (Fsp3) is 0.188. The second kappa shape index (κ2) is 6.17. The third-order valence-corrected chi connectivity index (χ3v) is 3.11. The van der Waals surface area contributed by atoms with E-state index in [4.69, 9.17) is 14.2 Å². The summed E-state index contributed by atoms with van der Waals surface area (Å²) in [4.78, 5) is 11.3. The van der Waals surface area contributed by atoms with Gasteiger partial charge in [0.25, 0.3) is 0 Å². The second-order valence-corrected chi connectivity index (χ2v) is 4.29. The maximum atomic E-state index is 11.3. The maximum Gasteiger partial charge on any atom is 0.339 e. The van der Waals surface area contributed by atoms with Crippen LogP contribution in [0.25, 0.3) is 11.1 Å². The van der Waals surface area contributed by atoms with Crippen molar-refractivity contribution in [2.75, 3.05) is 21.3 Å². The molecule has 5 heteroatoms. The van der Waals surface area contributed by atoms with Crippen molar-refractivity contribution >= 4 is 5.97 Å². The van der Waals surface area contributed by atoms with Crippen LogP contribution in [0.1, 0.15) is 10.4 Å². The average Bonchev–Trinajstić information content (AvgIpc) is 2.53. The van der Waals surface area contributed by atoms with Gasteiger partial charge in [-0.2, -0.15) is 0 Å². The Balaban J connectivity index is 2.66. The predicted molar refractivity (Wildman–Crippen MR) is 78.5 cm³/mol. The van der Waals surface area contributed by atoms with Gasteiger partial charge in [0.15, 0.2) is 0 Å². The van der Waals surface area contributed by atoms with Crippen molar-refractivity contribution in [3.05, 3.63) is 42.0 Å². The molecular weight excluding hydrogens is 272 g/mol. The van der Waals surface area contributed by atoms with Gasteiger partial charge in [-0.1, -0.05) is 12.1 Å². The lowest BCUT2D eigenvalue weighted by atomic mass is 10.0. The molecule has 0 atom stereocenters. The monoisotopic (exact) mass is 288 g/mol. The Morgan fingerprint density at radius 3 is 2.05 bits per heavy atom. The average molecular weight is 288 g/mol. The molecule has 2 aromatic rings. The molecule has 0 amide bonds. The molecule has 5 nitrogen and oxygen atoms in total. The number of benzene rings is 2. The molecule has 0 radical (unpaired) electrons. The van der Waals surface area contributed by atoms with Gasteiger partial charge >= 0.3 is 5.97 Å². The number of rotatable bonds is 5. The molecule has 2 aromatic carbocycles. The number of hydrogen-bond donors (Lipinski definition) is 1. The number of carbonyl (C=O) groups is 1. The zero-order valence-corrected chi connectivity index (χ0v) is 12.0. The highest BCUT2D eigenvalue weighted by Gasteiger charge is 2.16. The molecule has 0 aliphatic carbocycles. The summed E-state index contributed by atoms with van der Waals surface area (Å²) in [6, 6.07) is 10.3. The van der Waals surface area contributed by atoms with Gasteiger partial charge in [0.05, 0.1) is 21.3 Å². The number of hydrogen-bond acceptors (Lipinski definition) is 4. The highest BCUT2D eigenvalue weighted by molar-refractivity contribution is 5.94. The van der Waals surface area contributed by atoms with Crippen molar-refractivity contribution in [1.29, 1.82) is 0 Å². The first-order chi connectivity index (χ1) is 10.1. The Bertz CT molecular complexity index is 641. The van der Waals surface area contributed by atoms with E-state index in [2.05, 4.69) is 0 Å². The van der Waals surface area contributed by atoms with Crippen LogP contribution in [0.3, 0.4) is 0 Å². The summed E-state index contributed by atoms with van der Waals surface area (Å²) in [7, 11) is 4.57. The lowest BCUT2D eigenvalue weighted by Crippen LogP contribution is -2.01. The van der Waals surface area contributed by atoms with Crippen LogP contribution in [0.4, 0.5) is 0 Å². The summed E-state index contributed by atoms with van der Waals surface area (Å²) in [6.07, 6.45) is 0. The number of aromatic carboxylic acids is 1. The van der Waals surface area contributed by atoms with Crippen molar-refractivity contribution in [2.45, 2.75) is 0 Å². The van der Waals surface area contributed by atoms with E-state index >= 15 is 0 Å². The first-order valence-corrected chi connectivity index (χ1v) is 6.24. The molecule has 2 rings (SSSR count). The van der Waals surface area contributed by atoms with E-state index in [-0.39, 0.29) is 5.56 Å². The fourth-order valence-electron chi connectivity index (χ4n) is 2.12. The number of para-hydroxylation sites is 1. The summed E-state index contributed by atoms with van der Waals surface area (Å²) in [5.41, 5.74) is 1.53. The molecule has 0 saturated heterocycles. The van der Waals surface area contributed by atoms with Gasteiger partial charge in [-0.3, -0.25) is 0 Å². The number of carboxylic acids is 1. The van der Waals surface area contributed by atoms with Crippen LogP contribution < -0.4 is 14.2 Å². The Morgan fingerprint density at radius 2 is 1.57 bits per heavy atom. The van der Waals surface area contributed by atoms with E-state index in [9.17, 15) is 9.90 Å². The van der Waals surface area contributed by atoms with Crippen LogP contribution in [0.5, 0.6) is 17.2 Å². The van der Waals surface area contributed by atoms with E-state index in [0.29, 0.717) is 22.8 Å². The molecule has 110 valence electrons. The van der Waals surface area contributed by atoms with Crippen LogP contribution in [0, 0.1) is 0 Å². The highest BCUT2D eigenvalue weighted by atomic mass is 16.5. The summed E-state index contributed by atoms with van der Waals surface area (Å²) < 4.78 is 15.7. The largest absolute Gasteiger partial charge is 0.497 e.